The van der Waals surface area contributed by atoms with E-state index in [9.17, 15) is 42.0 Å². The Morgan fingerprint density at radius 3 is 2.14 bits per heavy atom. The second kappa shape index (κ2) is 26.7. The first-order valence-electron chi connectivity index (χ1n) is 24.3. The maximum atomic E-state index is 15.0. The number of Topliss-reactive ketones (excluding diaryl/α,β-unsaturated/α-hetero) is 1. The number of aromatic nitrogens is 2. The van der Waals surface area contributed by atoms with Gasteiger partial charge < -0.3 is 26.1 Å². The van der Waals surface area contributed by atoms with Crippen molar-refractivity contribution in [3.05, 3.63) is 107 Å². The van der Waals surface area contributed by atoms with Crippen molar-refractivity contribution in [1.29, 1.82) is 0 Å². The summed E-state index contributed by atoms with van der Waals surface area (Å²) in [5.41, 5.74) is 6.52. The number of nitrogens with zero attached hydrogens (tertiary/aromatic N) is 3. The molecular weight excluding hydrogens is 980 g/mol. The lowest BCUT2D eigenvalue weighted by Gasteiger charge is -2.32. The van der Waals surface area contributed by atoms with Gasteiger partial charge in [-0.05, 0) is 110 Å². The number of amides is 6. The third-order valence-electron chi connectivity index (χ3n) is 12.5. The molecule has 5 rings (SSSR count). The summed E-state index contributed by atoms with van der Waals surface area (Å²) in [6.45, 7) is 7.46. The summed E-state index contributed by atoms with van der Waals surface area (Å²) in [6, 6.07) is 9.46. The molecule has 0 aliphatic heterocycles. The van der Waals surface area contributed by atoms with Gasteiger partial charge in [0.2, 0.25) is 23.5 Å². The number of allylic oxidation sites excluding steroid dienone is 1. The first kappa shape index (κ1) is 57.0. The minimum Gasteiger partial charge on any atom is -0.457 e. The van der Waals surface area contributed by atoms with Gasteiger partial charge in [-0.15, -0.1) is 0 Å². The van der Waals surface area contributed by atoms with E-state index in [4.69, 9.17) is 21.8 Å². The molecule has 5 atom stereocenters. The highest BCUT2D eigenvalue weighted by Gasteiger charge is 2.40. The fraction of sp³-hybridized carbons (Fsp3) is 0.423. The van der Waals surface area contributed by atoms with E-state index in [1.807, 2.05) is 19.2 Å². The molecule has 390 valence electrons. The van der Waals surface area contributed by atoms with Crippen molar-refractivity contribution in [2.75, 3.05) is 6.54 Å². The van der Waals surface area contributed by atoms with Gasteiger partial charge in [-0.1, -0.05) is 84.7 Å². The van der Waals surface area contributed by atoms with Crippen molar-refractivity contribution in [3.8, 4) is 11.3 Å². The first-order chi connectivity index (χ1) is 34.7. The van der Waals surface area contributed by atoms with E-state index in [1.54, 1.807) is 57.2 Å². The number of hydrogen-bond acceptors (Lipinski definition) is 14. The number of ketones is 2. The lowest BCUT2D eigenvalue weighted by atomic mass is 9.84. The van der Waals surface area contributed by atoms with Gasteiger partial charge in [0.05, 0.1) is 17.1 Å². The van der Waals surface area contributed by atoms with Crippen LogP contribution in [0.3, 0.4) is 0 Å². The summed E-state index contributed by atoms with van der Waals surface area (Å²) in [7, 11) is -5.01. The van der Waals surface area contributed by atoms with E-state index < -0.39 is 92.8 Å². The molecule has 6 N–H and O–H groups in total. The summed E-state index contributed by atoms with van der Waals surface area (Å²) in [5.74, 6) is -7.78. The molecule has 0 bridgehead atoms. The van der Waals surface area contributed by atoms with Crippen molar-refractivity contribution >= 4 is 74.7 Å². The highest BCUT2D eigenvalue weighted by Crippen LogP contribution is 2.30. The normalized spacial score (nSPS) is 15.1. The molecule has 0 spiro atoms. The Balaban J connectivity index is 1.46. The molecule has 6 amide bonds. The van der Waals surface area contributed by atoms with Crippen LogP contribution in [0, 0.1) is 17.8 Å². The molecule has 2 aromatic carbocycles. The maximum absolute atomic E-state index is 15.0. The van der Waals surface area contributed by atoms with E-state index >= 15 is 4.79 Å². The topological polar surface area (TPSA) is 287 Å². The number of nitrogens with one attached hydrogen (secondary N) is 4. The van der Waals surface area contributed by atoms with Gasteiger partial charge in [0.1, 0.15) is 41.9 Å². The number of benzene rings is 2. The van der Waals surface area contributed by atoms with Gasteiger partial charge in [0.15, 0.2) is 5.78 Å². The van der Waals surface area contributed by atoms with Gasteiger partial charge in [-0.3, -0.25) is 48.7 Å². The molecule has 21 heteroatoms. The highest BCUT2D eigenvalue weighted by atomic mass is 35.5. The average molecular weight is 1040 g/mol. The van der Waals surface area contributed by atoms with Crippen LogP contribution in [0.25, 0.3) is 17.4 Å². The predicted octanol–water partition coefficient (Wildman–Crippen LogP) is 5.58. The average Bonchev–Trinajstić information content (AvgIpc) is 3.87. The number of imide groups is 1. The SMILES string of the molecule is CC[C@H](N)C(=O)C(=O)NC(=O)CN(C(=O)[C@H](CC1CCCCC1)NC(=O)[C@@H](NC(=O)[C@H](CC(C)C)NC(=O)c1cnccn1)[C@@H](C)CC)S(=O)(=O)c1ccc(-c2ccc(C=CC(=O)c3ccc(Cl)cc3)o2)cc1. The number of furan rings is 1. The Kier molecular flexibility index (Phi) is 20.8. The third kappa shape index (κ3) is 16.0. The molecule has 1 saturated carbocycles. The number of nitrogens with two attached hydrogens (primary N) is 1. The molecule has 73 heavy (non-hydrogen) atoms. The lowest BCUT2D eigenvalue weighted by Crippen LogP contribution is -2.60. The largest absolute Gasteiger partial charge is 0.457 e. The summed E-state index contributed by atoms with van der Waals surface area (Å²) >= 11 is 5.94. The van der Waals surface area contributed by atoms with E-state index in [-0.39, 0.29) is 46.9 Å². The minimum absolute atomic E-state index is 0.0322. The third-order valence-corrected chi connectivity index (χ3v) is 14.5. The van der Waals surface area contributed by atoms with E-state index in [0.29, 0.717) is 46.9 Å². The maximum Gasteiger partial charge on any atom is 0.295 e. The quantitative estimate of drug-likeness (QED) is 0.0325. The van der Waals surface area contributed by atoms with Gasteiger partial charge in [0, 0.05) is 28.5 Å². The molecule has 4 aromatic rings. The Bertz CT molecular complexity index is 2740. The van der Waals surface area contributed by atoms with Crippen LogP contribution < -0.4 is 27.0 Å². The lowest BCUT2D eigenvalue weighted by molar-refractivity contribution is -0.142. The molecule has 19 nitrogen and oxygen atoms in total. The number of halogens is 1. The molecule has 2 aromatic heterocycles. The monoisotopic (exact) mass is 1040 g/mol. The molecule has 0 radical (unpaired) electrons. The zero-order chi connectivity index (χ0) is 53.4. The molecular formula is C52H63ClN8O11S. The number of carbonyl (C=O) groups is 8. The number of rotatable bonds is 24. The van der Waals surface area contributed by atoms with Gasteiger partial charge in [-0.25, -0.2) is 17.7 Å². The van der Waals surface area contributed by atoms with Crippen molar-refractivity contribution in [3.63, 3.8) is 0 Å². The van der Waals surface area contributed by atoms with Crippen LogP contribution in [0.1, 0.15) is 119 Å². The molecule has 1 aliphatic carbocycles. The van der Waals surface area contributed by atoms with Crippen LogP contribution in [-0.4, -0.2) is 100 Å². The molecule has 0 unspecified atom stereocenters. The van der Waals surface area contributed by atoms with Crippen LogP contribution >= 0.6 is 11.6 Å². The Morgan fingerprint density at radius 1 is 0.836 bits per heavy atom. The van der Waals surface area contributed by atoms with Gasteiger partial charge in [-0.2, -0.15) is 0 Å². The van der Waals surface area contributed by atoms with Crippen molar-refractivity contribution in [2.24, 2.45) is 23.5 Å². The van der Waals surface area contributed by atoms with Crippen LogP contribution in [0.4, 0.5) is 0 Å². The van der Waals surface area contributed by atoms with Crippen molar-refractivity contribution < 1.29 is 51.2 Å². The second-order valence-electron chi connectivity index (χ2n) is 18.5. The van der Waals surface area contributed by atoms with E-state index in [2.05, 4.69) is 25.9 Å². The zero-order valence-electron chi connectivity index (χ0n) is 41.5. The summed E-state index contributed by atoms with van der Waals surface area (Å²) < 4.78 is 35.7. The molecule has 1 aliphatic rings. The standard InChI is InChI=1S/C52H63ClN8O11S/c1-6-32(5)46(60-48(65)40(27-31(3)4)57-49(66)42-29-55-25-26-56-42)50(67)58-41(28-33-11-9-8-10-12-33)52(69)61(30-45(63)59-51(68)47(64)39(54)7-2)73(70,71)38-21-15-35(16-22-38)44-24-20-37(72-44)19-23-43(62)34-13-17-36(53)18-14-34/h13-26,29,31-33,39-41,46H,6-12,27-28,30,54H2,1-5H3,(H,57,66)(H,58,67)(H,60,65)(H,59,63,68)/t32-,39-,40-,41-,46-/m0/s1. The van der Waals surface area contributed by atoms with Crippen LogP contribution in [0.15, 0.2) is 94.6 Å². The summed E-state index contributed by atoms with van der Waals surface area (Å²) in [5, 5.41) is 10.5. The summed E-state index contributed by atoms with van der Waals surface area (Å²) in [6.07, 6.45) is 11.2. The highest BCUT2D eigenvalue weighted by molar-refractivity contribution is 7.89. The Morgan fingerprint density at radius 2 is 1.52 bits per heavy atom. The molecule has 1 fully saturated rings. The van der Waals surface area contributed by atoms with E-state index in [0.717, 1.165) is 19.3 Å². The summed E-state index contributed by atoms with van der Waals surface area (Å²) in [4.78, 5) is 116. The van der Waals surface area contributed by atoms with Gasteiger partial charge in [0.25, 0.3) is 27.7 Å². The predicted molar refractivity (Wildman–Crippen MR) is 272 cm³/mol. The second-order valence-corrected chi connectivity index (χ2v) is 20.8. The smallest absolute Gasteiger partial charge is 0.295 e. The number of sulfonamides is 1. The Labute approximate surface area is 429 Å². The van der Waals surface area contributed by atoms with Crippen molar-refractivity contribution in [2.45, 2.75) is 121 Å². The van der Waals surface area contributed by atoms with Crippen molar-refractivity contribution in [1.82, 2.24) is 35.5 Å². The van der Waals surface area contributed by atoms with Crippen LogP contribution in [-0.2, 0) is 38.8 Å². The first-order valence-corrected chi connectivity index (χ1v) is 26.1. The zero-order valence-corrected chi connectivity index (χ0v) is 43.0. The van der Waals surface area contributed by atoms with Gasteiger partial charge >= 0.3 is 0 Å². The minimum atomic E-state index is -5.01. The van der Waals surface area contributed by atoms with Crippen LogP contribution in [0.5, 0.6) is 0 Å². The fourth-order valence-corrected chi connectivity index (χ4v) is 9.61. The van der Waals surface area contributed by atoms with Crippen LogP contribution in [0.2, 0.25) is 5.02 Å². The number of carbonyl (C=O) groups excluding carboxylic acids is 8. The molecule has 0 saturated heterocycles. The molecule has 2 heterocycles. The fourth-order valence-electron chi connectivity index (χ4n) is 8.10. The van der Waals surface area contributed by atoms with E-state index in [1.165, 1.54) is 55.0 Å². The number of hydrogen-bond donors (Lipinski definition) is 5. The Hall–Kier alpha value is -6.90.